The third-order valence-corrected chi connectivity index (χ3v) is 4.94. The average molecular weight is 415 g/mol. The van der Waals surface area contributed by atoms with Gasteiger partial charge in [-0.3, -0.25) is 0 Å². The summed E-state index contributed by atoms with van der Waals surface area (Å²) in [5.41, 5.74) is 2.81. The number of nitrogens with zero attached hydrogens (tertiary/aromatic N) is 2. The molecule has 152 valence electrons. The van der Waals surface area contributed by atoms with E-state index in [4.69, 9.17) is 30.9 Å². The number of hydrazone groups is 1. The summed E-state index contributed by atoms with van der Waals surface area (Å²) in [5.74, 6) is 1.38. The summed E-state index contributed by atoms with van der Waals surface area (Å²) in [6.07, 6.45) is 0.121. The second-order valence-electron chi connectivity index (χ2n) is 8.20. The van der Waals surface area contributed by atoms with Gasteiger partial charge in [0.2, 0.25) is 6.79 Å². The minimum Gasteiger partial charge on any atom is -0.454 e. The molecule has 0 spiro atoms. The first kappa shape index (κ1) is 19.6. The quantitative estimate of drug-likeness (QED) is 0.658. The zero-order chi connectivity index (χ0) is 20.8. The number of fused-ring (bicyclic) bond motifs is 2. The van der Waals surface area contributed by atoms with E-state index in [-0.39, 0.29) is 12.8 Å². The lowest BCUT2D eigenvalue weighted by Crippen LogP contribution is -2.39. The molecule has 4 rings (SSSR count). The molecule has 7 heteroatoms. The summed E-state index contributed by atoms with van der Waals surface area (Å²) in [6, 6.07) is 11.1. The fraction of sp³-hybridized carbons (Fsp3) is 0.364. The van der Waals surface area contributed by atoms with E-state index in [1.54, 1.807) is 12.1 Å². The second-order valence-corrected chi connectivity index (χ2v) is 8.63. The number of benzene rings is 2. The largest absolute Gasteiger partial charge is 0.454 e. The number of amides is 1. The van der Waals surface area contributed by atoms with Crippen molar-refractivity contribution in [1.29, 1.82) is 0 Å². The van der Waals surface area contributed by atoms with Gasteiger partial charge in [-0.2, -0.15) is 10.1 Å². The van der Waals surface area contributed by atoms with Gasteiger partial charge in [0.25, 0.3) is 0 Å². The molecule has 1 amide bonds. The van der Waals surface area contributed by atoms with Gasteiger partial charge in [0.05, 0.1) is 11.8 Å². The molecule has 2 heterocycles. The number of hydrogen-bond acceptors (Lipinski definition) is 5. The molecule has 2 aliphatic rings. The van der Waals surface area contributed by atoms with E-state index in [1.165, 1.54) is 5.01 Å². The van der Waals surface area contributed by atoms with E-state index in [1.807, 2.05) is 52.0 Å². The maximum absolute atomic E-state index is 12.9. The summed E-state index contributed by atoms with van der Waals surface area (Å²) in [6.45, 7) is 7.67. The van der Waals surface area contributed by atoms with Crippen molar-refractivity contribution in [3.8, 4) is 11.5 Å². The summed E-state index contributed by atoms with van der Waals surface area (Å²) in [7, 11) is 0. The van der Waals surface area contributed by atoms with E-state index < -0.39 is 11.7 Å². The standard InChI is InChI=1S/C22H23ClN2O4/c1-13-9-15-10-18-19(28-12-27-18)11-17(15)20(14-5-7-16(23)8-6-14)24-25(13)21(26)29-22(2,3)4/h5-8,10-11,13H,9,12H2,1-4H3/t13-/m1/s1. The molecule has 0 aliphatic carbocycles. The Hall–Kier alpha value is -2.73. The zero-order valence-corrected chi connectivity index (χ0v) is 17.6. The maximum atomic E-state index is 12.9. The van der Waals surface area contributed by atoms with Crippen LogP contribution in [0.2, 0.25) is 5.02 Å². The number of carbonyl (C=O) groups is 1. The minimum absolute atomic E-state index is 0.200. The molecule has 0 saturated carbocycles. The molecule has 0 saturated heterocycles. The first-order valence-corrected chi connectivity index (χ1v) is 9.89. The first-order valence-electron chi connectivity index (χ1n) is 9.51. The lowest BCUT2D eigenvalue weighted by Gasteiger charge is -2.27. The van der Waals surface area contributed by atoms with Crippen molar-refractivity contribution in [2.75, 3.05) is 6.79 Å². The fourth-order valence-corrected chi connectivity index (χ4v) is 3.51. The highest BCUT2D eigenvalue weighted by molar-refractivity contribution is 6.30. The lowest BCUT2D eigenvalue weighted by molar-refractivity contribution is 0.0184. The molecule has 2 aliphatic heterocycles. The molecule has 2 aromatic carbocycles. The number of hydrogen-bond donors (Lipinski definition) is 0. The van der Waals surface area contributed by atoms with Gasteiger partial charge in [0.15, 0.2) is 11.5 Å². The molecule has 6 nitrogen and oxygen atoms in total. The molecular weight excluding hydrogens is 392 g/mol. The Morgan fingerprint density at radius 3 is 2.48 bits per heavy atom. The van der Waals surface area contributed by atoms with E-state index in [9.17, 15) is 4.79 Å². The Labute approximate surface area is 175 Å². The van der Waals surface area contributed by atoms with Crippen molar-refractivity contribution in [1.82, 2.24) is 5.01 Å². The van der Waals surface area contributed by atoms with Crippen molar-refractivity contribution >= 4 is 23.4 Å². The lowest BCUT2D eigenvalue weighted by atomic mass is 9.94. The van der Waals surface area contributed by atoms with Crippen molar-refractivity contribution < 1.29 is 19.0 Å². The van der Waals surface area contributed by atoms with Gasteiger partial charge < -0.3 is 14.2 Å². The van der Waals surface area contributed by atoms with Crippen LogP contribution in [-0.4, -0.2) is 35.2 Å². The van der Waals surface area contributed by atoms with Crippen LogP contribution in [0.4, 0.5) is 4.79 Å². The third-order valence-electron chi connectivity index (χ3n) is 4.69. The number of halogens is 1. The summed E-state index contributed by atoms with van der Waals surface area (Å²) in [4.78, 5) is 12.9. The van der Waals surface area contributed by atoms with Crippen molar-refractivity contribution in [3.63, 3.8) is 0 Å². The van der Waals surface area contributed by atoms with Crippen LogP contribution in [0.3, 0.4) is 0 Å². The van der Waals surface area contributed by atoms with E-state index in [0.717, 1.165) is 16.7 Å². The van der Waals surface area contributed by atoms with Crippen LogP contribution in [0, 0.1) is 0 Å². The monoisotopic (exact) mass is 414 g/mol. The maximum Gasteiger partial charge on any atom is 0.431 e. The zero-order valence-electron chi connectivity index (χ0n) is 16.9. The molecule has 0 radical (unpaired) electrons. The van der Waals surface area contributed by atoms with E-state index >= 15 is 0 Å². The molecule has 0 bridgehead atoms. The van der Waals surface area contributed by atoms with E-state index in [0.29, 0.717) is 28.7 Å². The highest BCUT2D eigenvalue weighted by Gasteiger charge is 2.32. The van der Waals surface area contributed by atoms with Crippen molar-refractivity contribution in [2.45, 2.75) is 45.8 Å². The second kappa shape index (κ2) is 7.26. The Kier molecular flexibility index (Phi) is 4.90. The van der Waals surface area contributed by atoms with Gasteiger partial charge in [-0.05, 0) is 63.9 Å². The van der Waals surface area contributed by atoms with Crippen LogP contribution in [-0.2, 0) is 11.2 Å². The molecular formula is C22H23ClN2O4. The smallest absolute Gasteiger partial charge is 0.431 e. The Bertz CT molecular complexity index is 980. The number of ether oxygens (including phenoxy) is 3. The summed E-state index contributed by atoms with van der Waals surface area (Å²) < 4.78 is 16.7. The summed E-state index contributed by atoms with van der Waals surface area (Å²) >= 11 is 6.07. The molecule has 0 N–H and O–H groups in total. The highest BCUT2D eigenvalue weighted by Crippen LogP contribution is 2.37. The van der Waals surface area contributed by atoms with Crippen LogP contribution < -0.4 is 9.47 Å². The Morgan fingerprint density at radius 2 is 1.83 bits per heavy atom. The van der Waals surface area contributed by atoms with Crippen LogP contribution in [0.1, 0.15) is 44.4 Å². The third kappa shape index (κ3) is 4.03. The fourth-order valence-electron chi connectivity index (χ4n) is 3.39. The molecule has 1 atom stereocenters. The summed E-state index contributed by atoms with van der Waals surface area (Å²) in [5, 5.41) is 6.79. The van der Waals surface area contributed by atoms with Crippen LogP contribution in [0.5, 0.6) is 11.5 Å². The van der Waals surface area contributed by atoms with E-state index in [2.05, 4.69) is 0 Å². The molecule has 0 fully saturated rings. The molecule has 0 unspecified atom stereocenters. The predicted molar refractivity (Wildman–Crippen MR) is 111 cm³/mol. The van der Waals surface area contributed by atoms with Crippen LogP contribution in [0.15, 0.2) is 41.5 Å². The van der Waals surface area contributed by atoms with Gasteiger partial charge in [-0.25, -0.2) is 4.79 Å². The van der Waals surface area contributed by atoms with Crippen molar-refractivity contribution in [2.24, 2.45) is 5.10 Å². The van der Waals surface area contributed by atoms with Crippen molar-refractivity contribution in [3.05, 3.63) is 58.1 Å². The number of carbonyl (C=O) groups excluding carboxylic acids is 1. The Balaban J connectivity index is 1.84. The molecule has 29 heavy (non-hydrogen) atoms. The SMILES string of the molecule is C[C@@H]1Cc2cc3c(cc2C(c2ccc(Cl)cc2)=NN1C(=O)OC(C)(C)C)OCO3. The molecule has 2 aromatic rings. The minimum atomic E-state index is -0.616. The highest BCUT2D eigenvalue weighted by atomic mass is 35.5. The van der Waals surface area contributed by atoms with Gasteiger partial charge in [-0.15, -0.1) is 0 Å². The van der Waals surface area contributed by atoms with Gasteiger partial charge in [-0.1, -0.05) is 23.7 Å². The predicted octanol–water partition coefficient (Wildman–Crippen LogP) is 5.00. The van der Waals surface area contributed by atoms with Gasteiger partial charge in [0.1, 0.15) is 5.60 Å². The molecule has 0 aromatic heterocycles. The Morgan fingerprint density at radius 1 is 1.17 bits per heavy atom. The number of rotatable bonds is 1. The normalized spacial score (nSPS) is 18.0. The van der Waals surface area contributed by atoms with Crippen LogP contribution >= 0.6 is 11.6 Å². The van der Waals surface area contributed by atoms with Gasteiger partial charge in [0, 0.05) is 16.1 Å². The van der Waals surface area contributed by atoms with Gasteiger partial charge >= 0.3 is 6.09 Å². The first-order chi connectivity index (χ1) is 13.7. The van der Waals surface area contributed by atoms with Crippen LogP contribution in [0.25, 0.3) is 0 Å². The topological polar surface area (TPSA) is 60.4 Å². The average Bonchev–Trinajstić information content (AvgIpc) is 3.03.